The topological polar surface area (TPSA) is 35.5 Å². The van der Waals surface area contributed by atoms with Crippen LogP contribution < -0.4 is 4.74 Å². The minimum absolute atomic E-state index is 0.0416. The second-order valence-electron chi connectivity index (χ2n) is 4.11. The molecule has 0 radical (unpaired) electrons. The average Bonchev–Trinajstić information content (AvgIpc) is 2.27. The molecule has 88 valence electrons. The molecule has 3 nitrogen and oxygen atoms in total. The van der Waals surface area contributed by atoms with Gasteiger partial charge in [-0.15, -0.1) is 0 Å². The van der Waals surface area contributed by atoms with Gasteiger partial charge in [0.05, 0.1) is 7.11 Å². The van der Waals surface area contributed by atoms with Gasteiger partial charge in [0, 0.05) is 0 Å². The molecule has 0 saturated heterocycles. The SMILES string of the molecule is COC(=O)COc1ccc(CC(C)C)cc1. The Kier molecular flexibility index (Phi) is 4.83. The van der Waals surface area contributed by atoms with E-state index in [9.17, 15) is 4.79 Å². The van der Waals surface area contributed by atoms with Gasteiger partial charge in [-0.05, 0) is 30.0 Å². The van der Waals surface area contributed by atoms with Gasteiger partial charge in [-0.3, -0.25) is 0 Å². The van der Waals surface area contributed by atoms with Crippen molar-refractivity contribution in [3.63, 3.8) is 0 Å². The highest BCUT2D eigenvalue weighted by Gasteiger charge is 2.02. The number of carbonyl (C=O) groups is 1. The molecule has 0 bridgehead atoms. The zero-order valence-electron chi connectivity index (χ0n) is 10.0. The Balaban J connectivity index is 2.48. The molecule has 3 heteroatoms. The Morgan fingerprint density at radius 1 is 1.25 bits per heavy atom. The summed E-state index contributed by atoms with van der Waals surface area (Å²) in [4.78, 5) is 10.9. The quantitative estimate of drug-likeness (QED) is 0.718. The number of hydrogen-bond acceptors (Lipinski definition) is 3. The molecule has 0 saturated carbocycles. The molecule has 0 atom stereocenters. The molecule has 0 aliphatic rings. The number of ether oxygens (including phenoxy) is 2. The number of benzene rings is 1. The number of carbonyl (C=O) groups excluding carboxylic acids is 1. The summed E-state index contributed by atoms with van der Waals surface area (Å²) in [6.45, 7) is 4.32. The average molecular weight is 222 g/mol. The van der Waals surface area contributed by atoms with Crippen molar-refractivity contribution in [3.05, 3.63) is 29.8 Å². The first-order valence-electron chi connectivity index (χ1n) is 5.40. The van der Waals surface area contributed by atoms with Gasteiger partial charge >= 0.3 is 5.97 Å². The van der Waals surface area contributed by atoms with Gasteiger partial charge in [-0.1, -0.05) is 26.0 Å². The van der Waals surface area contributed by atoms with Crippen molar-refractivity contribution >= 4 is 5.97 Å². The fraction of sp³-hybridized carbons (Fsp3) is 0.462. The molecule has 0 aliphatic carbocycles. The Hall–Kier alpha value is -1.51. The maximum Gasteiger partial charge on any atom is 0.343 e. The van der Waals surface area contributed by atoms with E-state index in [2.05, 4.69) is 18.6 Å². The van der Waals surface area contributed by atoms with E-state index in [1.165, 1.54) is 12.7 Å². The lowest BCUT2D eigenvalue weighted by Gasteiger charge is -2.07. The van der Waals surface area contributed by atoms with Crippen molar-refractivity contribution in [2.24, 2.45) is 5.92 Å². The monoisotopic (exact) mass is 222 g/mol. The summed E-state index contributed by atoms with van der Waals surface area (Å²) < 4.78 is 9.73. The van der Waals surface area contributed by atoms with Crippen LogP contribution in [0.2, 0.25) is 0 Å². The van der Waals surface area contributed by atoms with Gasteiger partial charge in [0.2, 0.25) is 0 Å². The zero-order valence-corrected chi connectivity index (χ0v) is 10.0. The van der Waals surface area contributed by atoms with Crippen molar-refractivity contribution < 1.29 is 14.3 Å². The van der Waals surface area contributed by atoms with Crippen LogP contribution in [0, 0.1) is 5.92 Å². The summed E-state index contributed by atoms with van der Waals surface area (Å²) in [5.74, 6) is 0.964. The summed E-state index contributed by atoms with van der Waals surface area (Å²) >= 11 is 0. The first-order chi connectivity index (χ1) is 7.61. The Labute approximate surface area is 96.4 Å². The van der Waals surface area contributed by atoms with Crippen LogP contribution >= 0.6 is 0 Å². The van der Waals surface area contributed by atoms with E-state index >= 15 is 0 Å². The van der Waals surface area contributed by atoms with Crippen LogP contribution in [0.3, 0.4) is 0 Å². The highest BCUT2D eigenvalue weighted by molar-refractivity contribution is 5.70. The first kappa shape index (κ1) is 12.6. The standard InChI is InChI=1S/C13H18O3/c1-10(2)8-11-4-6-12(7-5-11)16-9-13(14)15-3/h4-7,10H,8-9H2,1-3H3. The molecule has 1 rings (SSSR count). The predicted molar refractivity (Wildman–Crippen MR) is 62.5 cm³/mol. The Morgan fingerprint density at radius 2 is 1.88 bits per heavy atom. The van der Waals surface area contributed by atoms with E-state index in [1.807, 2.05) is 24.3 Å². The zero-order chi connectivity index (χ0) is 12.0. The fourth-order valence-electron chi connectivity index (χ4n) is 1.39. The number of rotatable bonds is 5. The second kappa shape index (κ2) is 6.16. The van der Waals surface area contributed by atoms with Gasteiger partial charge in [-0.2, -0.15) is 0 Å². The van der Waals surface area contributed by atoms with Crippen molar-refractivity contribution in [2.75, 3.05) is 13.7 Å². The summed E-state index contributed by atoms with van der Waals surface area (Å²) in [6.07, 6.45) is 1.05. The van der Waals surface area contributed by atoms with Crippen LogP contribution in [0.15, 0.2) is 24.3 Å². The van der Waals surface area contributed by atoms with Gasteiger partial charge < -0.3 is 9.47 Å². The van der Waals surface area contributed by atoms with Crippen LogP contribution in [0.4, 0.5) is 0 Å². The first-order valence-corrected chi connectivity index (χ1v) is 5.40. The molecule has 0 unspecified atom stereocenters. The summed E-state index contributed by atoms with van der Waals surface area (Å²) in [7, 11) is 1.34. The third kappa shape index (κ3) is 4.34. The van der Waals surface area contributed by atoms with Gasteiger partial charge in [0.1, 0.15) is 5.75 Å². The van der Waals surface area contributed by atoms with Crippen LogP contribution in [-0.4, -0.2) is 19.7 Å². The van der Waals surface area contributed by atoms with Crippen molar-refractivity contribution in [3.8, 4) is 5.75 Å². The Bertz CT molecular complexity index is 328. The summed E-state index contributed by atoms with van der Waals surface area (Å²) in [5.41, 5.74) is 1.28. The molecular formula is C13H18O3. The van der Waals surface area contributed by atoms with E-state index in [4.69, 9.17) is 4.74 Å². The number of methoxy groups -OCH3 is 1. The largest absolute Gasteiger partial charge is 0.482 e. The highest BCUT2D eigenvalue weighted by Crippen LogP contribution is 2.14. The molecule has 0 N–H and O–H groups in total. The maximum atomic E-state index is 10.9. The lowest BCUT2D eigenvalue weighted by molar-refractivity contribution is -0.142. The Morgan fingerprint density at radius 3 is 2.38 bits per heavy atom. The van der Waals surface area contributed by atoms with Crippen molar-refractivity contribution in [1.29, 1.82) is 0 Å². The smallest absolute Gasteiger partial charge is 0.343 e. The van der Waals surface area contributed by atoms with Crippen molar-refractivity contribution in [2.45, 2.75) is 20.3 Å². The molecule has 0 spiro atoms. The normalized spacial score (nSPS) is 10.2. The van der Waals surface area contributed by atoms with Gasteiger partial charge in [0.15, 0.2) is 6.61 Å². The molecule has 0 aliphatic heterocycles. The third-order valence-electron chi connectivity index (χ3n) is 2.15. The van der Waals surface area contributed by atoms with E-state index in [1.54, 1.807) is 0 Å². The maximum absolute atomic E-state index is 10.9. The number of esters is 1. The molecule has 1 aromatic rings. The summed E-state index contributed by atoms with van der Waals surface area (Å²) in [6, 6.07) is 7.79. The van der Waals surface area contributed by atoms with Crippen LogP contribution in [-0.2, 0) is 16.0 Å². The molecular weight excluding hydrogens is 204 g/mol. The van der Waals surface area contributed by atoms with Crippen LogP contribution in [0.5, 0.6) is 5.75 Å². The summed E-state index contributed by atoms with van der Waals surface area (Å²) in [5, 5.41) is 0. The van der Waals surface area contributed by atoms with E-state index in [-0.39, 0.29) is 12.6 Å². The minimum atomic E-state index is -0.369. The fourth-order valence-corrected chi connectivity index (χ4v) is 1.39. The highest BCUT2D eigenvalue weighted by atomic mass is 16.6. The predicted octanol–water partition coefficient (Wildman–Crippen LogP) is 2.44. The molecule has 0 heterocycles. The third-order valence-corrected chi connectivity index (χ3v) is 2.15. The second-order valence-corrected chi connectivity index (χ2v) is 4.11. The van der Waals surface area contributed by atoms with E-state index in [0.717, 1.165) is 6.42 Å². The molecule has 0 amide bonds. The molecule has 0 aromatic heterocycles. The lowest BCUT2D eigenvalue weighted by atomic mass is 10.0. The molecule has 16 heavy (non-hydrogen) atoms. The van der Waals surface area contributed by atoms with Crippen LogP contribution in [0.25, 0.3) is 0 Å². The number of hydrogen-bond donors (Lipinski definition) is 0. The molecule has 0 fully saturated rings. The van der Waals surface area contributed by atoms with E-state index in [0.29, 0.717) is 11.7 Å². The lowest BCUT2D eigenvalue weighted by Crippen LogP contribution is -2.12. The van der Waals surface area contributed by atoms with E-state index < -0.39 is 0 Å². The van der Waals surface area contributed by atoms with Gasteiger partial charge in [0.25, 0.3) is 0 Å². The van der Waals surface area contributed by atoms with Gasteiger partial charge in [-0.25, -0.2) is 4.79 Å². The molecule has 1 aromatic carbocycles. The minimum Gasteiger partial charge on any atom is -0.482 e. The van der Waals surface area contributed by atoms with Crippen LogP contribution in [0.1, 0.15) is 19.4 Å². The van der Waals surface area contributed by atoms with Crippen molar-refractivity contribution in [1.82, 2.24) is 0 Å².